The highest BCUT2D eigenvalue weighted by Crippen LogP contribution is 2.18. The third-order valence-electron chi connectivity index (χ3n) is 2.16. The fourth-order valence-electron chi connectivity index (χ4n) is 1.17. The van der Waals surface area contributed by atoms with Crippen molar-refractivity contribution in [3.05, 3.63) is 0 Å². The molecule has 1 N–H and O–H groups in total. The Morgan fingerprint density at radius 1 is 1.31 bits per heavy atom. The number of nitrogens with one attached hydrogen (secondary N) is 1. The maximum atomic E-state index is 4.98. The smallest absolute Gasteiger partial charge is 0.0552 e. The van der Waals surface area contributed by atoms with Crippen LogP contribution in [0.4, 0.5) is 0 Å². The van der Waals surface area contributed by atoms with E-state index in [2.05, 4.69) is 5.32 Å². The molecule has 1 fully saturated rings. The van der Waals surface area contributed by atoms with Crippen LogP contribution < -0.4 is 5.32 Å². The van der Waals surface area contributed by atoms with Crippen LogP contribution in [0.2, 0.25) is 0 Å². The van der Waals surface area contributed by atoms with Crippen LogP contribution in [0.15, 0.2) is 0 Å². The van der Waals surface area contributed by atoms with E-state index in [1.165, 1.54) is 38.0 Å². The summed E-state index contributed by atoms with van der Waals surface area (Å²) in [5, 5.41) is 3.52. The summed E-state index contributed by atoms with van der Waals surface area (Å²) in [7, 11) is 1.76. The number of unbranched alkanes of at least 4 members (excludes halogenated alkanes) is 1. The van der Waals surface area contributed by atoms with Crippen molar-refractivity contribution in [3.8, 4) is 0 Å². The average Bonchev–Trinajstić information content (AvgIpc) is 2.93. The highest BCUT2D eigenvalue weighted by Gasteiger charge is 2.19. The molecule has 0 bridgehead atoms. The molecule has 1 saturated carbocycles. The lowest BCUT2D eigenvalue weighted by molar-refractivity contribution is 0.218. The molecule has 2 nitrogen and oxygen atoms in total. The fraction of sp³-hybridized carbons (Fsp3) is 1.00. The highest BCUT2D eigenvalue weighted by molar-refractivity contribution is 7.99. The van der Waals surface area contributed by atoms with Gasteiger partial charge in [-0.05, 0) is 38.0 Å². The number of ether oxygens (including phenoxy) is 1. The molecule has 0 aliphatic heterocycles. The monoisotopic (exact) mass is 203 g/mol. The van der Waals surface area contributed by atoms with E-state index in [4.69, 9.17) is 4.74 Å². The van der Waals surface area contributed by atoms with Crippen LogP contribution in [0.1, 0.15) is 25.7 Å². The van der Waals surface area contributed by atoms with Gasteiger partial charge < -0.3 is 10.1 Å². The first-order chi connectivity index (χ1) is 6.43. The minimum atomic E-state index is 0.876. The van der Waals surface area contributed by atoms with Gasteiger partial charge in [0.15, 0.2) is 0 Å². The van der Waals surface area contributed by atoms with Gasteiger partial charge in [-0.2, -0.15) is 11.8 Å². The fourth-order valence-corrected chi connectivity index (χ4v) is 2.06. The van der Waals surface area contributed by atoms with Gasteiger partial charge in [-0.15, -0.1) is 0 Å². The maximum Gasteiger partial charge on any atom is 0.0552 e. The highest BCUT2D eigenvalue weighted by atomic mass is 32.2. The van der Waals surface area contributed by atoms with E-state index in [1.807, 2.05) is 11.8 Å². The van der Waals surface area contributed by atoms with Gasteiger partial charge in [0, 0.05) is 18.9 Å². The Hall–Kier alpha value is 0.270. The van der Waals surface area contributed by atoms with Gasteiger partial charge in [-0.3, -0.25) is 0 Å². The first-order valence-corrected chi connectivity index (χ1v) is 6.39. The van der Waals surface area contributed by atoms with Crippen molar-refractivity contribution < 1.29 is 4.74 Å². The minimum absolute atomic E-state index is 0.876. The molecular formula is C10H21NOS. The van der Waals surface area contributed by atoms with E-state index in [0.717, 1.165) is 18.4 Å². The number of methoxy groups -OCH3 is 1. The summed E-state index contributed by atoms with van der Waals surface area (Å²) in [6.07, 6.45) is 5.48. The lowest BCUT2D eigenvalue weighted by atomic mass is 10.3. The third kappa shape index (κ3) is 7.35. The van der Waals surface area contributed by atoms with Crippen molar-refractivity contribution in [1.82, 2.24) is 5.32 Å². The Morgan fingerprint density at radius 2 is 2.15 bits per heavy atom. The lowest BCUT2D eigenvalue weighted by Crippen LogP contribution is -2.17. The van der Waals surface area contributed by atoms with E-state index >= 15 is 0 Å². The van der Waals surface area contributed by atoms with E-state index < -0.39 is 0 Å². The van der Waals surface area contributed by atoms with Crippen molar-refractivity contribution >= 4 is 11.8 Å². The largest absolute Gasteiger partial charge is 0.384 e. The second kappa shape index (κ2) is 7.65. The zero-order chi connectivity index (χ0) is 9.36. The second-order valence-corrected chi connectivity index (χ2v) is 4.77. The Bertz CT molecular complexity index is 117. The maximum absolute atomic E-state index is 4.98. The molecule has 0 heterocycles. The number of hydrogen-bond donors (Lipinski definition) is 1. The molecule has 0 unspecified atom stereocenters. The van der Waals surface area contributed by atoms with Crippen LogP contribution in [-0.4, -0.2) is 37.8 Å². The van der Waals surface area contributed by atoms with Gasteiger partial charge in [0.05, 0.1) is 6.61 Å². The standard InChI is InChI=1S/C10H21NOS/c1-12-7-9-13-8-3-2-6-11-10-4-5-10/h10-11H,2-9H2,1H3. The number of thioether (sulfide) groups is 1. The summed E-state index contributed by atoms with van der Waals surface area (Å²) in [6, 6.07) is 0.876. The van der Waals surface area contributed by atoms with E-state index in [-0.39, 0.29) is 0 Å². The van der Waals surface area contributed by atoms with E-state index in [0.29, 0.717) is 0 Å². The van der Waals surface area contributed by atoms with Crippen LogP contribution in [0.5, 0.6) is 0 Å². The Kier molecular flexibility index (Phi) is 6.68. The Balaban J connectivity index is 1.63. The minimum Gasteiger partial charge on any atom is -0.384 e. The summed E-state index contributed by atoms with van der Waals surface area (Å²) in [5.74, 6) is 2.43. The molecule has 0 aromatic carbocycles. The summed E-state index contributed by atoms with van der Waals surface area (Å²) in [5.41, 5.74) is 0. The summed E-state index contributed by atoms with van der Waals surface area (Å²) in [6.45, 7) is 2.11. The normalized spacial score (nSPS) is 16.4. The molecule has 1 rings (SSSR count). The molecule has 0 saturated heterocycles. The molecule has 3 heteroatoms. The topological polar surface area (TPSA) is 21.3 Å². The Morgan fingerprint density at radius 3 is 2.85 bits per heavy atom. The zero-order valence-electron chi connectivity index (χ0n) is 8.55. The van der Waals surface area contributed by atoms with E-state index in [1.54, 1.807) is 7.11 Å². The quantitative estimate of drug-likeness (QED) is 0.578. The van der Waals surface area contributed by atoms with Crippen molar-refractivity contribution in [1.29, 1.82) is 0 Å². The van der Waals surface area contributed by atoms with Crippen LogP contribution in [0.25, 0.3) is 0 Å². The van der Waals surface area contributed by atoms with Gasteiger partial charge in [0.2, 0.25) is 0 Å². The van der Waals surface area contributed by atoms with Crippen LogP contribution in [-0.2, 0) is 4.74 Å². The summed E-state index contributed by atoms with van der Waals surface area (Å²) >= 11 is 2.00. The molecule has 0 atom stereocenters. The molecule has 13 heavy (non-hydrogen) atoms. The molecule has 1 aliphatic carbocycles. The van der Waals surface area contributed by atoms with Gasteiger partial charge in [-0.25, -0.2) is 0 Å². The van der Waals surface area contributed by atoms with Gasteiger partial charge in [0.1, 0.15) is 0 Å². The molecule has 0 amide bonds. The molecule has 78 valence electrons. The first-order valence-electron chi connectivity index (χ1n) is 5.23. The van der Waals surface area contributed by atoms with Gasteiger partial charge >= 0.3 is 0 Å². The van der Waals surface area contributed by atoms with Gasteiger partial charge in [0.25, 0.3) is 0 Å². The predicted molar refractivity (Wildman–Crippen MR) is 59.5 cm³/mol. The van der Waals surface area contributed by atoms with Crippen LogP contribution in [0, 0.1) is 0 Å². The third-order valence-corrected chi connectivity index (χ3v) is 3.19. The van der Waals surface area contributed by atoms with Crippen molar-refractivity contribution in [2.45, 2.75) is 31.7 Å². The van der Waals surface area contributed by atoms with Crippen LogP contribution >= 0.6 is 11.8 Å². The number of rotatable bonds is 9. The predicted octanol–water partition coefficient (Wildman–Crippen LogP) is 1.90. The molecule has 0 spiro atoms. The molecule has 0 aromatic rings. The molecular weight excluding hydrogens is 182 g/mol. The van der Waals surface area contributed by atoms with E-state index in [9.17, 15) is 0 Å². The SMILES string of the molecule is COCCSCCCCNC1CC1. The molecule has 0 radical (unpaired) electrons. The number of hydrogen-bond acceptors (Lipinski definition) is 3. The summed E-state index contributed by atoms with van der Waals surface area (Å²) in [4.78, 5) is 0. The second-order valence-electron chi connectivity index (χ2n) is 3.54. The lowest BCUT2D eigenvalue weighted by Gasteiger charge is -2.02. The molecule has 0 aromatic heterocycles. The van der Waals surface area contributed by atoms with Crippen molar-refractivity contribution in [2.24, 2.45) is 0 Å². The average molecular weight is 203 g/mol. The van der Waals surface area contributed by atoms with Crippen LogP contribution in [0.3, 0.4) is 0 Å². The summed E-state index contributed by atoms with van der Waals surface area (Å²) < 4.78 is 4.98. The van der Waals surface area contributed by atoms with Crippen molar-refractivity contribution in [2.75, 3.05) is 31.8 Å². The van der Waals surface area contributed by atoms with Gasteiger partial charge in [-0.1, -0.05) is 0 Å². The molecule has 1 aliphatic rings. The van der Waals surface area contributed by atoms with Crippen molar-refractivity contribution in [3.63, 3.8) is 0 Å². The first kappa shape index (κ1) is 11.3. The Labute approximate surface area is 85.8 Å². The zero-order valence-corrected chi connectivity index (χ0v) is 9.37.